The Bertz CT molecular complexity index is 434. The summed E-state index contributed by atoms with van der Waals surface area (Å²) in [6.07, 6.45) is -0.578. The van der Waals surface area contributed by atoms with Gasteiger partial charge in [-0.1, -0.05) is 11.6 Å². The number of nitrogens with zero attached hydrogens (tertiary/aromatic N) is 1. The molecule has 1 aliphatic heterocycles. The molecule has 1 fully saturated rings. The van der Waals surface area contributed by atoms with Crippen LogP contribution in [-0.4, -0.2) is 49.8 Å². The topological polar surface area (TPSA) is 44.7 Å². The molecule has 0 saturated carbocycles. The van der Waals surface area contributed by atoms with E-state index in [4.69, 9.17) is 16.3 Å². The van der Waals surface area contributed by atoms with E-state index in [2.05, 4.69) is 10.2 Å². The third-order valence-electron chi connectivity index (χ3n) is 3.47. The van der Waals surface area contributed by atoms with Crippen LogP contribution in [0.15, 0.2) is 12.1 Å². The van der Waals surface area contributed by atoms with Gasteiger partial charge in [-0.15, -0.1) is 0 Å². The second-order valence-corrected chi connectivity index (χ2v) is 5.35. The Morgan fingerprint density at radius 1 is 1.42 bits per heavy atom. The lowest BCUT2D eigenvalue weighted by Gasteiger charge is -2.29. The lowest BCUT2D eigenvalue weighted by atomic mass is 10.0. The second kappa shape index (κ2) is 6.57. The van der Waals surface area contributed by atoms with Gasteiger partial charge in [0.05, 0.1) is 13.2 Å². The fourth-order valence-corrected chi connectivity index (χ4v) is 2.80. The van der Waals surface area contributed by atoms with Crippen LogP contribution in [-0.2, 0) is 0 Å². The van der Waals surface area contributed by atoms with Crippen LogP contribution in [0.1, 0.15) is 17.2 Å². The number of nitrogens with one attached hydrogen (secondary N) is 1. The van der Waals surface area contributed by atoms with Crippen LogP contribution in [0.25, 0.3) is 0 Å². The number of piperazine rings is 1. The molecule has 1 aromatic carbocycles. The van der Waals surface area contributed by atoms with E-state index < -0.39 is 6.10 Å². The lowest BCUT2D eigenvalue weighted by molar-refractivity contribution is 0.103. The molecule has 106 valence electrons. The van der Waals surface area contributed by atoms with Crippen molar-refractivity contribution >= 4 is 11.6 Å². The van der Waals surface area contributed by atoms with Gasteiger partial charge in [-0.05, 0) is 24.6 Å². The minimum absolute atomic E-state index is 0.578. The Hall–Kier alpha value is -0.810. The fraction of sp³-hybridized carbons (Fsp3) is 0.571. The molecule has 5 heteroatoms. The van der Waals surface area contributed by atoms with Crippen molar-refractivity contribution < 1.29 is 9.84 Å². The van der Waals surface area contributed by atoms with E-state index in [9.17, 15) is 5.11 Å². The summed E-state index contributed by atoms with van der Waals surface area (Å²) in [5.41, 5.74) is 1.72. The number of aliphatic hydroxyl groups excluding tert-OH is 1. The van der Waals surface area contributed by atoms with Gasteiger partial charge in [-0.25, -0.2) is 0 Å². The number of hydrogen-bond acceptors (Lipinski definition) is 4. The largest absolute Gasteiger partial charge is 0.496 e. The molecule has 0 bridgehead atoms. The van der Waals surface area contributed by atoms with E-state index in [1.54, 1.807) is 13.2 Å². The number of benzene rings is 1. The summed E-state index contributed by atoms with van der Waals surface area (Å²) in [4.78, 5) is 2.25. The molecular formula is C14H21ClN2O2. The Morgan fingerprint density at radius 2 is 2.11 bits per heavy atom. The molecule has 1 aliphatic rings. The number of aliphatic hydroxyl groups is 1. The lowest BCUT2D eigenvalue weighted by Crippen LogP contribution is -2.45. The van der Waals surface area contributed by atoms with Crippen molar-refractivity contribution in [2.75, 3.05) is 39.8 Å². The quantitative estimate of drug-likeness (QED) is 0.881. The summed E-state index contributed by atoms with van der Waals surface area (Å²) in [6, 6.07) is 3.64. The van der Waals surface area contributed by atoms with E-state index in [0.29, 0.717) is 11.6 Å². The molecule has 0 aliphatic carbocycles. The van der Waals surface area contributed by atoms with Gasteiger partial charge in [0.15, 0.2) is 0 Å². The van der Waals surface area contributed by atoms with Gasteiger partial charge in [0.25, 0.3) is 0 Å². The number of hydrogen-bond donors (Lipinski definition) is 2. The summed E-state index contributed by atoms with van der Waals surface area (Å²) in [6.45, 7) is 6.40. The van der Waals surface area contributed by atoms with Crippen LogP contribution in [0.4, 0.5) is 0 Å². The molecule has 19 heavy (non-hydrogen) atoms. The summed E-state index contributed by atoms with van der Waals surface area (Å²) in [7, 11) is 1.62. The van der Waals surface area contributed by atoms with Crippen molar-refractivity contribution in [2.24, 2.45) is 0 Å². The van der Waals surface area contributed by atoms with Crippen LogP contribution >= 0.6 is 11.6 Å². The van der Waals surface area contributed by atoms with Gasteiger partial charge >= 0.3 is 0 Å². The monoisotopic (exact) mass is 284 g/mol. The van der Waals surface area contributed by atoms with Crippen LogP contribution in [0, 0.1) is 6.92 Å². The van der Waals surface area contributed by atoms with Crippen LogP contribution in [0.2, 0.25) is 5.02 Å². The average Bonchev–Trinajstić information content (AvgIpc) is 2.39. The van der Waals surface area contributed by atoms with Crippen molar-refractivity contribution in [2.45, 2.75) is 13.0 Å². The first kappa shape index (κ1) is 14.6. The molecule has 1 aromatic rings. The number of halogens is 1. The zero-order valence-corrected chi connectivity index (χ0v) is 12.2. The maximum atomic E-state index is 10.4. The second-order valence-electron chi connectivity index (χ2n) is 4.91. The fourth-order valence-electron chi connectivity index (χ4n) is 2.52. The number of rotatable bonds is 4. The SMILES string of the molecule is COc1c(C)cc(Cl)cc1C(O)CN1CCNCC1. The molecule has 0 amide bonds. The molecule has 4 nitrogen and oxygen atoms in total. The Balaban J connectivity index is 2.15. The van der Waals surface area contributed by atoms with Crippen LogP contribution in [0.5, 0.6) is 5.75 Å². The summed E-state index contributed by atoms with van der Waals surface area (Å²) >= 11 is 6.08. The van der Waals surface area contributed by atoms with Crippen molar-refractivity contribution in [1.82, 2.24) is 10.2 Å². The highest BCUT2D eigenvalue weighted by atomic mass is 35.5. The molecule has 1 saturated heterocycles. The van der Waals surface area contributed by atoms with E-state index in [-0.39, 0.29) is 0 Å². The highest BCUT2D eigenvalue weighted by Gasteiger charge is 2.20. The highest BCUT2D eigenvalue weighted by molar-refractivity contribution is 6.30. The zero-order valence-electron chi connectivity index (χ0n) is 11.4. The van der Waals surface area contributed by atoms with E-state index in [1.165, 1.54) is 0 Å². The predicted octanol–water partition coefficient (Wildman–Crippen LogP) is 1.60. The van der Waals surface area contributed by atoms with Crippen molar-refractivity contribution in [3.8, 4) is 5.75 Å². The third-order valence-corrected chi connectivity index (χ3v) is 3.69. The maximum Gasteiger partial charge on any atom is 0.127 e. The number of methoxy groups -OCH3 is 1. The van der Waals surface area contributed by atoms with E-state index in [1.807, 2.05) is 13.0 Å². The maximum absolute atomic E-state index is 10.4. The van der Waals surface area contributed by atoms with Crippen LogP contribution in [0.3, 0.4) is 0 Å². The first-order valence-corrected chi connectivity index (χ1v) is 6.94. The van der Waals surface area contributed by atoms with Gasteiger partial charge < -0.3 is 15.2 Å². The van der Waals surface area contributed by atoms with Crippen molar-refractivity contribution in [3.63, 3.8) is 0 Å². The molecular weight excluding hydrogens is 264 g/mol. The molecule has 1 atom stereocenters. The number of ether oxygens (including phenoxy) is 1. The standard InChI is InChI=1S/C14H21ClN2O2/c1-10-7-11(15)8-12(14(10)19-2)13(18)9-17-5-3-16-4-6-17/h7-8,13,16,18H,3-6,9H2,1-2H3. The average molecular weight is 285 g/mol. The van der Waals surface area contributed by atoms with E-state index >= 15 is 0 Å². The van der Waals surface area contributed by atoms with Gasteiger partial charge in [0, 0.05) is 43.3 Å². The summed E-state index contributed by atoms with van der Waals surface area (Å²) in [5, 5.41) is 14.4. The molecule has 2 rings (SSSR count). The van der Waals surface area contributed by atoms with Crippen molar-refractivity contribution in [1.29, 1.82) is 0 Å². The van der Waals surface area contributed by atoms with Gasteiger partial charge in [0.2, 0.25) is 0 Å². The minimum Gasteiger partial charge on any atom is -0.496 e. The predicted molar refractivity (Wildman–Crippen MR) is 77.0 cm³/mol. The first-order valence-electron chi connectivity index (χ1n) is 6.57. The Kier molecular flexibility index (Phi) is 5.05. The zero-order chi connectivity index (χ0) is 13.8. The summed E-state index contributed by atoms with van der Waals surface area (Å²) in [5.74, 6) is 0.729. The number of aryl methyl sites for hydroxylation is 1. The van der Waals surface area contributed by atoms with Gasteiger partial charge in [-0.3, -0.25) is 4.90 Å². The molecule has 0 spiro atoms. The minimum atomic E-state index is -0.578. The molecule has 0 radical (unpaired) electrons. The van der Waals surface area contributed by atoms with E-state index in [0.717, 1.165) is 43.1 Å². The normalized spacial score (nSPS) is 18.3. The van der Waals surface area contributed by atoms with Crippen LogP contribution < -0.4 is 10.1 Å². The Labute approximate surface area is 119 Å². The number of β-amino-alcohol motifs (C(OH)–C–C–N with tert-alkyl or cyclic N) is 1. The molecule has 2 N–H and O–H groups in total. The molecule has 1 unspecified atom stereocenters. The molecule has 1 heterocycles. The van der Waals surface area contributed by atoms with Gasteiger partial charge in [0.1, 0.15) is 5.75 Å². The molecule has 0 aromatic heterocycles. The highest BCUT2D eigenvalue weighted by Crippen LogP contribution is 2.32. The summed E-state index contributed by atoms with van der Waals surface area (Å²) < 4.78 is 5.39. The van der Waals surface area contributed by atoms with Crippen molar-refractivity contribution in [3.05, 3.63) is 28.3 Å². The first-order chi connectivity index (χ1) is 9.11. The third kappa shape index (κ3) is 3.60. The Morgan fingerprint density at radius 3 is 2.74 bits per heavy atom. The van der Waals surface area contributed by atoms with Gasteiger partial charge in [-0.2, -0.15) is 0 Å². The smallest absolute Gasteiger partial charge is 0.127 e.